The van der Waals surface area contributed by atoms with Gasteiger partial charge in [0.15, 0.2) is 0 Å². The van der Waals surface area contributed by atoms with E-state index in [1.807, 2.05) is 0 Å². The Balaban J connectivity index is 2.15. The summed E-state index contributed by atoms with van der Waals surface area (Å²) in [6.07, 6.45) is 4.15. The van der Waals surface area contributed by atoms with Crippen LogP contribution >= 0.6 is 0 Å². The van der Waals surface area contributed by atoms with E-state index in [-0.39, 0.29) is 37.0 Å². The predicted molar refractivity (Wildman–Crippen MR) is 74.2 cm³/mol. The van der Waals surface area contributed by atoms with Crippen LogP contribution in [0.2, 0.25) is 0 Å². The summed E-state index contributed by atoms with van der Waals surface area (Å²) in [6.45, 7) is 3.70. The molecular weight excluding hydrogens is 276 g/mol. The van der Waals surface area contributed by atoms with E-state index in [0.717, 1.165) is 6.08 Å². The molecule has 0 radical (unpaired) electrons. The Kier molecular flexibility index (Phi) is 7.50. The molecule has 1 saturated carbocycles. The van der Waals surface area contributed by atoms with E-state index in [1.165, 1.54) is 7.11 Å². The third-order valence-electron chi connectivity index (χ3n) is 3.54. The van der Waals surface area contributed by atoms with Crippen molar-refractivity contribution in [2.45, 2.75) is 32.1 Å². The molecule has 0 aromatic carbocycles. The summed E-state index contributed by atoms with van der Waals surface area (Å²) in [5.74, 6) is -1.18. The molecule has 1 aliphatic rings. The Morgan fingerprint density at radius 2 is 1.52 bits per heavy atom. The van der Waals surface area contributed by atoms with E-state index < -0.39 is 5.97 Å². The van der Waals surface area contributed by atoms with Crippen LogP contribution in [0.15, 0.2) is 12.7 Å². The number of hydrogen-bond acceptors (Lipinski definition) is 6. The molecule has 0 saturated heterocycles. The first-order valence-electron chi connectivity index (χ1n) is 7.12. The second-order valence-corrected chi connectivity index (χ2v) is 4.96. The van der Waals surface area contributed by atoms with Crippen LogP contribution in [0, 0.1) is 11.8 Å². The molecule has 1 rings (SSSR count). The monoisotopic (exact) mass is 298 g/mol. The zero-order valence-electron chi connectivity index (χ0n) is 12.3. The summed E-state index contributed by atoms with van der Waals surface area (Å²) in [6, 6.07) is 0. The van der Waals surface area contributed by atoms with Crippen LogP contribution in [0.3, 0.4) is 0 Å². The smallest absolute Gasteiger partial charge is 0.330 e. The summed E-state index contributed by atoms with van der Waals surface area (Å²) in [4.78, 5) is 34.0. The van der Waals surface area contributed by atoms with Gasteiger partial charge in [-0.05, 0) is 25.7 Å². The van der Waals surface area contributed by atoms with Crippen LogP contribution in [0.4, 0.5) is 0 Å². The third kappa shape index (κ3) is 5.97. The highest BCUT2D eigenvalue weighted by molar-refractivity contribution is 5.81. The van der Waals surface area contributed by atoms with Gasteiger partial charge in [-0.15, -0.1) is 0 Å². The van der Waals surface area contributed by atoms with Crippen LogP contribution < -0.4 is 0 Å². The zero-order chi connectivity index (χ0) is 15.7. The average Bonchev–Trinajstić information content (AvgIpc) is 2.53. The SMILES string of the molecule is C=CC(=O)OCCCOC(=O)C1CCC(C(=O)OC)CC1. The number of esters is 3. The molecule has 6 nitrogen and oxygen atoms in total. The highest BCUT2D eigenvalue weighted by Gasteiger charge is 2.31. The fourth-order valence-electron chi connectivity index (χ4n) is 2.31. The molecule has 1 aliphatic carbocycles. The van der Waals surface area contributed by atoms with Crippen molar-refractivity contribution in [3.63, 3.8) is 0 Å². The quantitative estimate of drug-likeness (QED) is 0.308. The van der Waals surface area contributed by atoms with Crippen molar-refractivity contribution in [3.05, 3.63) is 12.7 Å². The second kappa shape index (κ2) is 9.15. The van der Waals surface area contributed by atoms with E-state index in [4.69, 9.17) is 14.2 Å². The first kappa shape index (κ1) is 17.2. The van der Waals surface area contributed by atoms with Gasteiger partial charge in [0, 0.05) is 12.5 Å². The molecule has 0 spiro atoms. The fraction of sp³-hybridized carbons (Fsp3) is 0.667. The lowest BCUT2D eigenvalue weighted by Crippen LogP contribution is -2.28. The lowest BCUT2D eigenvalue weighted by atomic mass is 9.82. The van der Waals surface area contributed by atoms with Crippen molar-refractivity contribution < 1.29 is 28.6 Å². The normalized spacial score (nSPS) is 21.2. The largest absolute Gasteiger partial charge is 0.469 e. The minimum atomic E-state index is -0.484. The summed E-state index contributed by atoms with van der Waals surface area (Å²) < 4.78 is 14.6. The van der Waals surface area contributed by atoms with Crippen LogP contribution in [-0.4, -0.2) is 38.2 Å². The molecule has 0 aromatic heterocycles. The molecule has 0 atom stereocenters. The Morgan fingerprint density at radius 1 is 1.00 bits per heavy atom. The van der Waals surface area contributed by atoms with Crippen LogP contribution in [0.1, 0.15) is 32.1 Å². The first-order valence-corrected chi connectivity index (χ1v) is 7.12. The van der Waals surface area contributed by atoms with Crippen molar-refractivity contribution in [1.29, 1.82) is 0 Å². The molecule has 0 unspecified atom stereocenters. The summed E-state index contributed by atoms with van der Waals surface area (Å²) in [7, 11) is 1.38. The Labute approximate surface area is 124 Å². The van der Waals surface area contributed by atoms with E-state index in [1.54, 1.807) is 0 Å². The van der Waals surface area contributed by atoms with Crippen molar-refractivity contribution >= 4 is 17.9 Å². The Hall–Kier alpha value is -1.85. The lowest BCUT2D eigenvalue weighted by molar-refractivity contribution is -0.154. The first-order chi connectivity index (χ1) is 10.1. The van der Waals surface area contributed by atoms with E-state index in [2.05, 4.69) is 6.58 Å². The maximum atomic E-state index is 11.8. The highest BCUT2D eigenvalue weighted by Crippen LogP contribution is 2.30. The maximum absolute atomic E-state index is 11.8. The van der Waals surface area contributed by atoms with Gasteiger partial charge in [-0.25, -0.2) is 4.79 Å². The van der Waals surface area contributed by atoms with Gasteiger partial charge in [-0.1, -0.05) is 6.58 Å². The van der Waals surface area contributed by atoms with Gasteiger partial charge in [0.1, 0.15) is 0 Å². The topological polar surface area (TPSA) is 78.9 Å². The zero-order valence-corrected chi connectivity index (χ0v) is 12.3. The van der Waals surface area contributed by atoms with Gasteiger partial charge >= 0.3 is 17.9 Å². The summed E-state index contributed by atoms with van der Waals surface area (Å²) >= 11 is 0. The van der Waals surface area contributed by atoms with E-state index >= 15 is 0 Å². The molecule has 0 aromatic rings. The summed E-state index contributed by atoms with van der Waals surface area (Å²) in [5, 5.41) is 0. The van der Waals surface area contributed by atoms with E-state index in [9.17, 15) is 14.4 Å². The fourth-order valence-corrected chi connectivity index (χ4v) is 2.31. The molecule has 21 heavy (non-hydrogen) atoms. The van der Waals surface area contributed by atoms with Gasteiger partial charge in [-0.2, -0.15) is 0 Å². The van der Waals surface area contributed by atoms with Crippen LogP contribution in [-0.2, 0) is 28.6 Å². The average molecular weight is 298 g/mol. The molecular formula is C15H22O6. The second-order valence-electron chi connectivity index (χ2n) is 4.96. The number of ether oxygens (including phenoxy) is 3. The number of rotatable bonds is 7. The number of carbonyl (C=O) groups is 3. The number of methoxy groups -OCH3 is 1. The standard InChI is InChI=1S/C15H22O6/c1-3-13(16)20-9-4-10-21-15(18)12-7-5-11(6-8-12)14(17)19-2/h3,11-12H,1,4-10H2,2H3. The number of carbonyl (C=O) groups excluding carboxylic acids is 3. The van der Waals surface area contributed by atoms with Crippen molar-refractivity contribution in [2.24, 2.45) is 11.8 Å². The molecule has 6 heteroatoms. The van der Waals surface area contributed by atoms with Gasteiger partial charge in [0.25, 0.3) is 0 Å². The molecule has 0 N–H and O–H groups in total. The molecule has 1 fully saturated rings. The molecule has 0 amide bonds. The van der Waals surface area contributed by atoms with Gasteiger partial charge < -0.3 is 14.2 Å². The Morgan fingerprint density at radius 3 is 2.05 bits per heavy atom. The Bertz CT molecular complexity index is 382. The van der Waals surface area contributed by atoms with Gasteiger partial charge in [0.05, 0.1) is 32.2 Å². The predicted octanol–water partition coefficient (Wildman–Crippen LogP) is 1.63. The van der Waals surface area contributed by atoms with Crippen molar-refractivity contribution in [2.75, 3.05) is 20.3 Å². The van der Waals surface area contributed by atoms with Gasteiger partial charge in [0.2, 0.25) is 0 Å². The highest BCUT2D eigenvalue weighted by atomic mass is 16.5. The van der Waals surface area contributed by atoms with Crippen molar-refractivity contribution in [1.82, 2.24) is 0 Å². The van der Waals surface area contributed by atoms with E-state index in [0.29, 0.717) is 32.1 Å². The molecule has 0 bridgehead atoms. The van der Waals surface area contributed by atoms with Gasteiger partial charge in [-0.3, -0.25) is 9.59 Å². The lowest BCUT2D eigenvalue weighted by Gasteiger charge is -2.25. The van der Waals surface area contributed by atoms with Crippen molar-refractivity contribution in [3.8, 4) is 0 Å². The molecule has 0 aliphatic heterocycles. The minimum absolute atomic E-state index is 0.0997. The number of hydrogen-bond donors (Lipinski definition) is 0. The molecule has 0 heterocycles. The van der Waals surface area contributed by atoms with Crippen LogP contribution in [0.5, 0.6) is 0 Å². The van der Waals surface area contributed by atoms with Crippen LogP contribution in [0.25, 0.3) is 0 Å². The molecule has 118 valence electrons. The summed E-state index contributed by atoms with van der Waals surface area (Å²) in [5.41, 5.74) is 0. The minimum Gasteiger partial charge on any atom is -0.469 e. The maximum Gasteiger partial charge on any atom is 0.330 e. The third-order valence-corrected chi connectivity index (χ3v) is 3.54.